The molecule has 0 aliphatic heterocycles. The number of guanidine groups is 1. The number of hydrogen-bond donors (Lipinski definition) is 3. The lowest BCUT2D eigenvalue weighted by atomic mass is 10.2. The van der Waals surface area contributed by atoms with Gasteiger partial charge < -0.3 is 15.0 Å². The second-order valence-corrected chi connectivity index (χ2v) is 6.32. The molecule has 3 rings (SSSR count). The van der Waals surface area contributed by atoms with Crippen molar-refractivity contribution in [2.24, 2.45) is 4.99 Å². The van der Waals surface area contributed by atoms with Crippen molar-refractivity contribution >= 4 is 29.2 Å². The number of anilines is 1. The molecule has 0 radical (unpaired) electrons. The molecule has 1 amide bonds. The van der Waals surface area contributed by atoms with E-state index in [1.165, 1.54) is 0 Å². The lowest BCUT2D eigenvalue weighted by Crippen LogP contribution is -2.36. The topological polar surface area (TPSA) is 91.4 Å². The van der Waals surface area contributed by atoms with E-state index in [4.69, 9.17) is 16.3 Å². The number of halogens is 1. The zero-order valence-electron chi connectivity index (χ0n) is 15.3. The molecule has 0 aliphatic rings. The number of carbonyl (C=O) groups excluding carboxylic acids is 1. The van der Waals surface area contributed by atoms with Crippen LogP contribution in [-0.4, -0.2) is 35.5 Å². The van der Waals surface area contributed by atoms with Gasteiger partial charge in [0.25, 0.3) is 5.91 Å². The lowest BCUT2D eigenvalue weighted by molar-refractivity contribution is 0.0977. The highest BCUT2D eigenvalue weighted by Gasteiger charge is 2.10. The SMILES string of the molecule is COc1cccc(NC(=NCCc2cnc[nH]2)NC(=O)c2cccc(Cl)c2)c1. The molecule has 0 saturated heterocycles. The van der Waals surface area contributed by atoms with Crippen LogP contribution in [0.4, 0.5) is 5.69 Å². The van der Waals surface area contributed by atoms with Gasteiger partial charge in [-0.05, 0) is 30.3 Å². The number of aliphatic imine (C=N–C) groups is 1. The fourth-order valence-corrected chi connectivity index (χ4v) is 2.66. The van der Waals surface area contributed by atoms with Crippen LogP contribution in [0.5, 0.6) is 5.75 Å². The first-order valence-electron chi connectivity index (χ1n) is 8.64. The van der Waals surface area contributed by atoms with Gasteiger partial charge in [0.15, 0.2) is 0 Å². The summed E-state index contributed by atoms with van der Waals surface area (Å²) in [7, 11) is 1.60. The number of ether oxygens (including phenoxy) is 1. The quantitative estimate of drug-likeness (QED) is 0.438. The third-order valence-electron chi connectivity index (χ3n) is 3.86. The van der Waals surface area contributed by atoms with Crippen LogP contribution < -0.4 is 15.4 Å². The van der Waals surface area contributed by atoms with Gasteiger partial charge in [0.2, 0.25) is 5.96 Å². The Morgan fingerprint density at radius 3 is 2.86 bits per heavy atom. The first-order valence-corrected chi connectivity index (χ1v) is 9.01. The minimum Gasteiger partial charge on any atom is -0.497 e. The van der Waals surface area contributed by atoms with Crippen molar-refractivity contribution in [3.05, 3.63) is 77.3 Å². The molecule has 144 valence electrons. The highest BCUT2D eigenvalue weighted by Crippen LogP contribution is 2.16. The molecule has 8 heteroatoms. The fraction of sp³-hybridized carbons (Fsp3) is 0.150. The summed E-state index contributed by atoms with van der Waals surface area (Å²) in [6.07, 6.45) is 4.03. The number of aromatic amines is 1. The number of hydrogen-bond acceptors (Lipinski definition) is 4. The van der Waals surface area contributed by atoms with Crippen molar-refractivity contribution in [1.82, 2.24) is 15.3 Å². The predicted octanol–water partition coefficient (Wildman–Crippen LogP) is 3.51. The fourth-order valence-electron chi connectivity index (χ4n) is 2.47. The third-order valence-corrected chi connectivity index (χ3v) is 4.09. The largest absolute Gasteiger partial charge is 0.497 e. The van der Waals surface area contributed by atoms with Gasteiger partial charge in [0, 0.05) is 47.2 Å². The molecule has 28 heavy (non-hydrogen) atoms. The van der Waals surface area contributed by atoms with Gasteiger partial charge in [-0.1, -0.05) is 23.7 Å². The maximum absolute atomic E-state index is 12.6. The van der Waals surface area contributed by atoms with Crippen LogP contribution in [0.3, 0.4) is 0 Å². The Labute approximate surface area is 167 Å². The molecule has 0 unspecified atom stereocenters. The Morgan fingerprint density at radius 2 is 2.11 bits per heavy atom. The van der Waals surface area contributed by atoms with E-state index in [1.807, 2.05) is 24.3 Å². The molecule has 3 aromatic rings. The summed E-state index contributed by atoms with van der Waals surface area (Å²) in [5.74, 6) is 0.721. The predicted molar refractivity (Wildman–Crippen MR) is 110 cm³/mol. The van der Waals surface area contributed by atoms with Crippen molar-refractivity contribution in [2.75, 3.05) is 19.0 Å². The van der Waals surface area contributed by atoms with Crippen LogP contribution in [0, 0.1) is 0 Å². The normalized spacial score (nSPS) is 11.1. The van der Waals surface area contributed by atoms with Crippen LogP contribution in [0.15, 0.2) is 66.0 Å². The van der Waals surface area contributed by atoms with Crippen molar-refractivity contribution in [3.63, 3.8) is 0 Å². The summed E-state index contributed by atoms with van der Waals surface area (Å²) in [5, 5.41) is 6.42. The minimum absolute atomic E-state index is 0.307. The maximum atomic E-state index is 12.6. The summed E-state index contributed by atoms with van der Waals surface area (Å²) in [4.78, 5) is 24.1. The monoisotopic (exact) mass is 397 g/mol. The Bertz CT molecular complexity index is 957. The van der Waals surface area contributed by atoms with Crippen molar-refractivity contribution < 1.29 is 9.53 Å². The van der Waals surface area contributed by atoms with Crippen LogP contribution in [-0.2, 0) is 6.42 Å². The molecule has 7 nitrogen and oxygen atoms in total. The Hall–Kier alpha value is -3.32. The van der Waals surface area contributed by atoms with E-state index in [9.17, 15) is 4.79 Å². The van der Waals surface area contributed by atoms with Gasteiger partial charge in [-0.15, -0.1) is 0 Å². The molecule has 0 bridgehead atoms. The van der Waals surface area contributed by atoms with Crippen molar-refractivity contribution in [1.29, 1.82) is 0 Å². The lowest BCUT2D eigenvalue weighted by Gasteiger charge is -2.13. The van der Waals surface area contributed by atoms with Crippen molar-refractivity contribution in [3.8, 4) is 5.75 Å². The van der Waals surface area contributed by atoms with Crippen LogP contribution in [0.2, 0.25) is 5.02 Å². The number of nitrogens with one attached hydrogen (secondary N) is 3. The molecule has 0 atom stereocenters. The maximum Gasteiger partial charge on any atom is 0.258 e. The number of imidazole rings is 1. The summed E-state index contributed by atoms with van der Waals surface area (Å²) < 4.78 is 5.24. The molecule has 0 saturated carbocycles. The van der Waals surface area contributed by atoms with Gasteiger partial charge in [0.1, 0.15) is 5.75 Å². The van der Waals surface area contributed by atoms with E-state index in [0.29, 0.717) is 35.3 Å². The molecule has 0 fully saturated rings. The van der Waals surface area contributed by atoms with Crippen LogP contribution in [0.1, 0.15) is 16.1 Å². The second-order valence-electron chi connectivity index (χ2n) is 5.88. The Kier molecular flexibility index (Phi) is 6.64. The number of rotatable bonds is 6. The highest BCUT2D eigenvalue weighted by molar-refractivity contribution is 6.31. The number of amides is 1. The molecule has 2 aromatic carbocycles. The number of carbonyl (C=O) groups is 1. The summed E-state index contributed by atoms with van der Waals surface area (Å²) in [6.45, 7) is 0.463. The summed E-state index contributed by atoms with van der Waals surface area (Å²) in [6, 6.07) is 14.1. The third kappa shape index (κ3) is 5.59. The van der Waals surface area contributed by atoms with Crippen molar-refractivity contribution in [2.45, 2.75) is 6.42 Å². The van der Waals surface area contributed by atoms with Gasteiger partial charge in [-0.2, -0.15) is 0 Å². The van der Waals surface area contributed by atoms with Crippen LogP contribution >= 0.6 is 11.6 Å². The average Bonchev–Trinajstić information content (AvgIpc) is 3.21. The van der Waals surface area contributed by atoms with E-state index < -0.39 is 0 Å². The smallest absolute Gasteiger partial charge is 0.258 e. The summed E-state index contributed by atoms with van der Waals surface area (Å²) >= 11 is 5.98. The first-order chi connectivity index (χ1) is 13.6. The molecule has 0 aliphatic carbocycles. The van der Waals surface area contributed by atoms with E-state index >= 15 is 0 Å². The Morgan fingerprint density at radius 1 is 1.25 bits per heavy atom. The Balaban J connectivity index is 1.75. The molecular weight excluding hydrogens is 378 g/mol. The second kappa shape index (κ2) is 9.57. The van der Waals surface area contributed by atoms with Crippen LogP contribution in [0.25, 0.3) is 0 Å². The minimum atomic E-state index is -0.307. The first kappa shape index (κ1) is 19.4. The number of benzene rings is 2. The standard InChI is InChI=1S/C20H20ClN5O2/c1-28-18-7-3-6-16(11-18)25-20(23-9-8-17-12-22-13-24-17)26-19(27)14-4-2-5-15(21)10-14/h2-7,10-13H,8-9H2,1H3,(H,22,24)(H2,23,25,26,27). The molecule has 1 heterocycles. The molecule has 3 N–H and O–H groups in total. The highest BCUT2D eigenvalue weighted by atomic mass is 35.5. The van der Waals surface area contributed by atoms with Gasteiger partial charge in [-0.25, -0.2) is 4.98 Å². The number of nitrogens with zero attached hydrogens (tertiary/aromatic N) is 2. The van der Waals surface area contributed by atoms with E-state index in [1.54, 1.807) is 43.9 Å². The molecule has 0 spiro atoms. The number of H-pyrrole nitrogens is 1. The zero-order chi connectivity index (χ0) is 19.8. The number of methoxy groups -OCH3 is 1. The van der Waals surface area contributed by atoms with E-state index in [0.717, 1.165) is 11.4 Å². The average molecular weight is 398 g/mol. The van der Waals surface area contributed by atoms with Gasteiger partial charge in [-0.3, -0.25) is 15.1 Å². The summed E-state index contributed by atoms with van der Waals surface area (Å²) in [5.41, 5.74) is 2.15. The zero-order valence-corrected chi connectivity index (χ0v) is 16.0. The molecule has 1 aromatic heterocycles. The number of aromatic nitrogens is 2. The van der Waals surface area contributed by atoms with Gasteiger partial charge in [0.05, 0.1) is 13.4 Å². The van der Waals surface area contributed by atoms with Gasteiger partial charge >= 0.3 is 0 Å². The van der Waals surface area contributed by atoms with E-state index in [2.05, 4.69) is 25.6 Å². The molecular formula is C20H20ClN5O2. The van der Waals surface area contributed by atoms with E-state index in [-0.39, 0.29) is 5.91 Å².